The fraction of sp³-hybridized carbons (Fsp3) is 0.533. The average molecular weight is 248 g/mol. The summed E-state index contributed by atoms with van der Waals surface area (Å²) in [6, 6.07) is 10.1. The van der Waals surface area contributed by atoms with Gasteiger partial charge in [0.15, 0.2) is 0 Å². The SMILES string of the molecule is CCCN(Cc1ccccc1)C(=O)CC(N)CC. The van der Waals surface area contributed by atoms with Gasteiger partial charge in [0.1, 0.15) is 0 Å². The Morgan fingerprint density at radius 3 is 2.50 bits per heavy atom. The quantitative estimate of drug-likeness (QED) is 0.806. The van der Waals surface area contributed by atoms with Crippen molar-refractivity contribution in [1.82, 2.24) is 4.90 Å². The molecule has 0 saturated heterocycles. The lowest BCUT2D eigenvalue weighted by molar-refractivity contribution is -0.132. The molecule has 18 heavy (non-hydrogen) atoms. The molecule has 0 aliphatic heterocycles. The van der Waals surface area contributed by atoms with Crippen molar-refractivity contribution in [3.8, 4) is 0 Å². The van der Waals surface area contributed by atoms with Crippen molar-refractivity contribution in [2.45, 2.75) is 45.7 Å². The molecule has 1 aromatic carbocycles. The monoisotopic (exact) mass is 248 g/mol. The van der Waals surface area contributed by atoms with Crippen LogP contribution in [0.3, 0.4) is 0 Å². The second kappa shape index (κ2) is 7.88. The number of benzene rings is 1. The average Bonchev–Trinajstić information content (AvgIpc) is 2.39. The largest absolute Gasteiger partial charge is 0.338 e. The van der Waals surface area contributed by atoms with Crippen LogP contribution >= 0.6 is 0 Å². The topological polar surface area (TPSA) is 46.3 Å². The van der Waals surface area contributed by atoms with Crippen molar-refractivity contribution in [2.24, 2.45) is 5.73 Å². The molecule has 1 aromatic rings. The molecule has 1 atom stereocenters. The molecule has 0 aliphatic rings. The lowest BCUT2D eigenvalue weighted by Gasteiger charge is -2.23. The van der Waals surface area contributed by atoms with E-state index < -0.39 is 0 Å². The van der Waals surface area contributed by atoms with Gasteiger partial charge in [0, 0.05) is 25.6 Å². The Kier molecular flexibility index (Phi) is 6.44. The van der Waals surface area contributed by atoms with Crippen LogP contribution in [-0.4, -0.2) is 23.4 Å². The highest BCUT2D eigenvalue weighted by Gasteiger charge is 2.15. The van der Waals surface area contributed by atoms with E-state index in [0.29, 0.717) is 13.0 Å². The summed E-state index contributed by atoms with van der Waals surface area (Å²) in [6.45, 7) is 5.58. The second-order valence-electron chi connectivity index (χ2n) is 4.67. The Morgan fingerprint density at radius 2 is 1.94 bits per heavy atom. The van der Waals surface area contributed by atoms with E-state index in [1.54, 1.807) is 0 Å². The summed E-state index contributed by atoms with van der Waals surface area (Å²) in [6.07, 6.45) is 2.26. The Balaban J connectivity index is 2.61. The van der Waals surface area contributed by atoms with Crippen molar-refractivity contribution >= 4 is 5.91 Å². The van der Waals surface area contributed by atoms with Crippen LogP contribution in [0.5, 0.6) is 0 Å². The van der Waals surface area contributed by atoms with Gasteiger partial charge in [-0.05, 0) is 18.4 Å². The van der Waals surface area contributed by atoms with Crippen LogP contribution in [0.4, 0.5) is 0 Å². The number of hydrogen-bond donors (Lipinski definition) is 1. The first-order chi connectivity index (χ1) is 8.67. The molecule has 0 heterocycles. The lowest BCUT2D eigenvalue weighted by atomic mass is 10.1. The molecule has 100 valence electrons. The Bertz CT molecular complexity index is 351. The van der Waals surface area contributed by atoms with E-state index in [2.05, 4.69) is 19.1 Å². The number of carbonyl (C=O) groups excluding carboxylic acids is 1. The Hall–Kier alpha value is -1.35. The minimum atomic E-state index is -0.0207. The summed E-state index contributed by atoms with van der Waals surface area (Å²) in [4.78, 5) is 14.1. The highest BCUT2D eigenvalue weighted by molar-refractivity contribution is 5.76. The zero-order valence-electron chi connectivity index (χ0n) is 11.4. The molecule has 0 bridgehead atoms. The van der Waals surface area contributed by atoms with Gasteiger partial charge in [0.05, 0.1) is 0 Å². The van der Waals surface area contributed by atoms with Crippen molar-refractivity contribution in [3.63, 3.8) is 0 Å². The smallest absolute Gasteiger partial charge is 0.224 e. The molecule has 0 aromatic heterocycles. The zero-order valence-corrected chi connectivity index (χ0v) is 11.4. The van der Waals surface area contributed by atoms with Crippen molar-refractivity contribution in [1.29, 1.82) is 0 Å². The van der Waals surface area contributed by atoms with Crippen LogP contribution in [-0.2, 0) is 11.3 Å². The van der Waals surface area contributed by atoms with E-state index in [9.17, 15) is 4.79 Å². The van der Waals surface area contributed by atoms with Crippen LogP contribution < -0.4 is 5.73 Å². The number of rotatable bonds is 7. The standard InChI is InChI=1S/C15H24N2O/c1-3-10-17(15(18)11-14(16)4-2)12-13-8-6-5-7-9-13/h5-9,14H,3-4,10-12,16H2,1-2H3. The van der Waals surface area contributed by atoms with Crippen LogP contribution in [0.1, 0.15) is 38.7 Å². The summed E-state index contributed by atoms with van der Waals surface area (Å²) >= 11 is 0. The second-order valence-corrected chi connectivity index (χ2v) is 4.67. The number of nitrogens with zero attached hydrogens (tertiary/aromatic N) is 1. The maximum atomic E-state index is 12.2. The molecule has 3 nitrogen and oxygen atoms in total. The first-order valence-electron chi connectivity index (χ1n) is 6.74. The molecule has 0 saturated carbocycles. The molecule has 0 radical (unpaired) electrons. The maximum absolute atomic E-state index is 12.2. The minimum absolute atomic E-state index is 0.0207. The molecule has 0 fully saturated rings. The van der Waals surface area contributed by atoms with Gasteiger partial charge >= 0.3 is 0 Å². The molecule has 1 amide bonds. The normalized spacial score (nSPS) is 12.2. The summed E-state index contributed by atoms with van der Waals surface area (Å²) in [5.74, 6) is 0.162. The third kappa shape index (κ3) is 4.88. The van der Waals surface area contributed by atoms with Crippen molar-refractivity contribution in [2.75, 3.05) is 6.54 Å². The molecule has 0 spiro atoms. The number of hydrogen-bond acceptors (Lipinski definition) is 2. The number of nitrogens with two attached hydrogens (primary N) is 1. The molecule has 0 aliphatic carbocycles. The van der Waals surface area contributed by atoms with Crippen LogP contribution in [0, 0.1) is 0 Å². The third-order valence-corrected chi connectivity index (χ3v) is 3.02. The van der Waals surface area contributed by atoms with E-state index in [4.69, 9.17) is 5.73 Å². The minimum Gasteiger partial charge on any atom is -0.338 e. The summed E-state index contributed by atoms with van der Waals surface area (Å²) in [5, 5.41) is 0. The maximum Gasteiger partial charge on any atom is 0.224 e. The Labute approximate surface area is 110 Å². The van der Waals surface area contributed by atoms with Gasteiger partial charge in [-0.3, -0.25) is 4.79 Å². The van der Waals surface area contributed by atoms with Crippen molar-refractivity contribution in [3.05, 3.63) is 35.9 Å². The van der Waals surface area contributed by atoms with E-state index in [1.165, 1.54) is 5.56 Å². The summed E-state index contributed by atoms with van der Waals surface area (Å²) in [5.41, 5.74) is 7.02. The zero-order chi connectivity index (χ0) is 13.4. The summed E-state index contributed by atoms with van der Waals surface area (Å²) in [7, 11) is 0. The van der Waals surface area contributed by atoms with Gasteiger partial charge in [0.2, 0.25) is 5.91 Å². The van der Waals surface area contributed by atoms with E-state index in [1.807, 2.05) is 30.0 Å². The van der Waals surface area contributed by atoms with E-state index in [-0.39, 0.29) is 11.9 Å². The predicted octanol–water partition coefficient (Wildman–Crippen LogP) is 2.55. The van der Waals surface area contributed by atoms with Gasteiger partial charge in [-0.2, -0.15) is 0 Å². The fourth-order valence-electron chi connectivity index (χ4n) is 1.86. The molecule has 2 N–H and O–H groups in total. The van der Waals surface area contributed by atoms with Crippen LogP contribution in [0.25, 0.3) is 0 Å². The van der Waals surface area contributed by atoms with Gasteiger partial charge in [0.25, 0.3) is 0 Å². The van der Waals surface area contributed by atoms with Crippen LogP contribution in [0.15, 0.2) is 30.3 Å². The van der Waals surface area contributed by atoms with E-state index in [0.717, 1.165) is 19.4 Å². The molecular weight excluding hydrogens is 224 g/mol. The first-order valence-corrected chi connectivity index (χ1v) is 6.74. The van der Waals surface area contributed by atoms with Gasteiger partial charge < -0.3 is 10.6 Å². The fourth-order valence-corrected chi connectivity index (χ4v) is 1.86. The van der Waals surface area contributed by atoms with Gasteiger partial charge in [-0.15, -0.1) is 0 Å². The van der Waals surface area contributed by atoms with Crippen LogP contribution in [0.2, 0.25) is 0 Å². The van der Waals surface area contributed by atoms with Gasteiger partial charge in [-0.25, -0.2) is 0 Å². The number of amides is 1. The summed E-state index contributed by atoms with van der Waals surface area (Å²) < 4.78 is 0. The van der Waals surface area contributed by atoms with Gasteiger partial charge in [-0.1, -0.05) is 44.2 Å². The predicted molar refractivity (Wildman–Crippen MR) is 75.0 cm³/mol. The first kappa shape index (κ1) is 14.7. The number of carbonyl (C=O) groups is 1. The lowest BCUT2D eigenvalue weighted by Crippen LogP contribution is -2.35. The molecule has 1 rings (SSSR count). The van der Waals surface area contributed by atoms with E-state index >= 15 is 0 Å². The molecular formula is C15H24N2O. The molecule has 3 heteroatoms. The third-order valence-electron chi connectivity index (χ3n) is 3.02. The Morgan fingerprint density at radius 1 is 1.28 bits per heavy atom. The highest BCUT2D eigenvalue weighted by Crippen LogP contribution is 2.08. The molecule has 1 unspecified atom stereocenters. The van der Waals surface area contributed by atoms with Crippen molar-refractivity contribution < 1.29 is 4.79 Å². The highest BCUT2D eigenvalue weighted by atomic mass is 16.2.